The van der Waals surface area contributed by atoms with Crippen LogP contribution in [0.1, 0.15) is 17.5 Å². The molecule has 124 valence electrons. The minimum Gasteiger partial charge on any atom is -0.480 e. The number of hydrogen-bond acceptors (Lipinski definition) is 4. The van der Waals surface area contributed by atoms with Crippen LogP contribution in [0.3, 0.4) is 0 Å². The number of amides is 2. The first kappa shape index (κ1) is 17.0. The van der Waals surface area contributed by atoms with Crippen LogP contribution in [0.15, 0.2) is 24.3 Å². The molecule has 1 atom stereocenters. The van der Waals surface area contributed by atoms with E-state index in [0.717, 1.165) is 0 Å². The zero-order valence-electron chi connectivity index (χ0n) is 13.0. The molecule has 7 nitrogen and oxygen atoms in total. The topological polar surface area (TPSA) is 98.7 Å². The molecule has 0 aromatic heterocycles. The molecule has 2 amide bonds. The smallest absolute Gasteiger partial charge is 0.322 e. The van der Waals surface area contributed by atoms with Crippen LogP contribution >= 0.6 is 0 Å². The normalized spacial score (nSPS) is 17.2. The monoisotopic (exact) mass is 319 g/mol. The molecule has 1 heterocycles. The number of carboxylic acids is 1. The van der Waals surface area contributed by atoms with Crippen molar-refractivity contribution in [3.05, 3.63) is 35.4 Å². The Bertz CT molecular complexity index is 603. The van der Waals surface area contributed by atoms with Crippen molar-refractivity contribution in [3.8, 4) is 0 Å². The zero-order valence-corrected chi connectivity index (χ0v) is 13.0. The van der Waals surface area contributed by atoms with Gasteiger partial charge in [0.05, 0.1) is 6.04 Å². The molecule has 1 aromatic rings. The molecule has 0 bridgehead atoms. The summed E-state index contributed by atoms with van der Waals surface area (Å²) in [5.41, 5.74) is 2.40. The molecule has 1 aromatic carbocycles. The van der Waals surface area contributed by atoms with Gasteiger partial charge in [0.1, 0.15) is 6.54 Å². The largest absolute Gasteiger partial charge is 0.480 e. The van der Waals surface area contributed by atoms with Crippen LogP contribution in [0.4, 0.5) is 0 Å². The van der Waals surface area contributed by atoms with E-state index in [2.05, 4.69) is 16.7 Å². The van der Waals surface area contributed by atoms with E-state index in [1.54, 1.807) is 0 Å². The Morgan fingerprint density at radius 2 is 1.91 bits per heavy atom. The van der Waals surface area contributed by atoms with E-state index in [1.807, 2.05) is 30.1 Å². The maximum atomic E-state index is 12.3. The lowest BCUT2D eigenvalue weighted by Crippen LogP contribution is -2.49. The lowest BCUT2D eigenvalue weighted by atomic mass is 9.94. The van der Waals surface area contributed by atoms with Crippen molar-refractivity contribution in [2.24, 2.45) is 0 Å². The fraction of sp³-hybridized carbons (Fsp3) is 0.438. The molecule has 3 N–H and O–H groups in total. The summed E-state index contributed by atoms with van der Waals surface area (Å²) in [4.78, 5) is 36.0. The number of nitrogens with one attached hydrogen (secondary N) is 2. The van der Waals surface area contributed by atoms with Gasteiger partial charge in [-0.2, -0.15) is 0 Å². The third kappa shape index (κ3) is 4.79. The van der Waals surface area contributed by atoms with Crippen LogP contribution in [0.2, 0.25) is 0 Å². The molecule has 1 aliphatic heterocycles. The molecule has 7 heteroatoms. The van der Waals surface area contributed by atoms with E-state index in [9.17, 15) is 14.4 Å². The van der Waals surface area contributed by atoms with Crippen molar-refractivity contribution in [1.82, 2.24) is 15.5 Å². The van der Waals surface area contributed by atoms with Gasteiger partial charge in [-0.1, -0.05) is 24.3 Å². The van der Waals surface area contributed by atoms with E-state index in [1.165, 1.54) is 11.1 Å². The van der Waals surface area contributed by atoms with Gasteiger partial charge in [0.2, 0.25) is 11.8 Å². The van der Waals surface area contributed by atoms with E-state index in [0.29, 0.717) is 13.0 Å². The molecule has 0 saturated carbocycles. The van der Waals surface area contributed by atoms with Crippen LogP contribution in [0.5, 0.6) is 0 Å². The number of fused-ring (bicyclic) bond motifs is 1. The molecule has 0 radical (unpaired) electrons. The Balaban J connectivity index is 1.80. The first-order valence-electron chi connectivity index (χ1n) is 7.50. The lowest BCUT2D eigenvalue weighted by molar-refractivity contribution is -0.138. The first-order valence-corrected chi connectivity index (χ1v) is 7.50. The molecule has 23 heavy (non-hydrogen) atoms. The van der Waals surface area contributed by atoms with Crippen LogP contribution in [-0.4, -0.2) is 54.0 Å². The minimum absolute atomic E-state index is 0.0615. The number of carbonyl (C=O) groups excluding carboxylic acids is 2. The number of benzene rings is 1. The maximum absolute atomic E-state index is 12.3. The highest BCUT2D eigenvalue weighted by Gasteiger charge is 2.28. The molecule has 2 rings (SSSR count). The number of rotatable bonds is 6. The Labute approximate surface area is 134 Å². The highest BCUT2D eigenvalue weighted by molar-refractivity contribution is 5.84. The highest BCUT2D eigenvalue weighted by Crippen LogP contribution is 2.21. The van der Waals surface area contributed by atoms with Gasteiger partial charge in [-0.3, -0.25) is 19.3 Å². The number of likely N-dealkylation sites (N-methyl/N-ethyl adjacent to an activating group) is 1. The number of aliphatic carboxylic acids is 1. The molecule has 0 saturated heterocycles. The summed E-state index contributed by atoms with van der Waals surface area (Å²) in [6, 6.07) is 7.79. The van der Waals surface area contributed by atoms with Crippen molar-refractivity contribution in [1.29, 1.82) is 0 Å². The molecule has 0 aliphatic carbocycles. The third-order valence-corrected chi connectivity index (χ3v) is 3.87. The van der Waals surface area contributed by atoms with E-state index < -0.39 is 18.4 Å². The second kappa shape index (κ2) is 7.73. The summed E-state index contributed by atoms with van der Waals surface area (Å²) in [7, 11) is 1.90. The van der Waals surface area contributed by atoms with Crippen molar-refractivity contribution in [3.63, 3.8) is 0 Å². The fourth-order valence-electron chi connectivity index (χ4n) is 2.63. The van der Waals surface area contributed by atoms with Gasteiger partial charge in [-0.15, -0.1) is 0 Å². The molecular weight excluding hydrogens is 298 g/mol. The lowest BCUT2D eigenvalue weighted by Gasteiger charge is -2.33. The van der Waals surface area contributed by atoms with Gasteiger partial charge in [0.25, 0.3) is 0 Å². The second-order valence-corrected chi connectivity index (χ2v) is 5.62. The Kier molecular flexibility index (Phi) is 5.70. The number of carbonyl (C=O) groups is 3. The average Bonchev–Trinajstić information content (AvgIpc) is 2.52. The summed E-state index contributed by atoms with van der Waals surface area (Å²) in [5.74, 6) is -1.60. The Morgan fingerprint density at radius 1 is 1.22 bits per heavy atom. The molecule has 0 fully saturated rings. The number of carboxylic acid groups (broad SMARTS) is 1. The molecular formula is C16H21N3O4. The van der Waals surface area contributed by atoms with Crippen molar-refractivity contribution in [2.75, 3.05) is 20.1 Å². The number of hydrogen-bond donors (Lipinski definition) is 3. The predicted octanol–water partition coefficient (Wildman–Crippen LogP) is -0.250. The summed E-state index contributed by atoms with van der Waals surface area (Å²) in [6.07, 6.45) is 0.704. The molecule has 0 spiro atoms. The van der Waals surface area contributed by atoms with Crippen molar-refractivity contribution >= 4 is 17.8 Å². The van der Waals surface area contributed by atoms with Crippen LogP contribution in [-0.2, 0) is 27.3 Å². The van der Waals surface area contributed by atoms with Crippen LogP contribution in [0, 0.1) is 0 Å². The summed E-state index contributed by atoms with van der Waals surface area (Å²) in [5, 5.41) is 13.5. The Hall–Kier alpha value is -2.41. The minimum atomic E-state index is -1.09. The Morgan fingerprint density at radius 3 is 2.61 bits per heavy atom. The predicted molar refractivity (Wildman–Crippen MR) is 83.7 cm³/mol. The molecule has 1 aliphatic rings. The van der Waals surface area contributed by atoms with Crippen LogP contribution < -0.4 is 10.6 Å². The highest BCUT2D eigenvalue weighted by atomic mass is 16.4. The van der Waals surface area contributed by atoms with Gasteiger partial charge in [0.15, 0.2) is 0 Å². The fourth-order valence-corrected chi connectivity index (χ4v) is 2.63. The van der Waals surface area contributed by atoms with Gasteiger partial charge in [-0.05, 0) is 24.6 Å². The number of nitrogens with zero attached hydrogens (tertiary/aromatic N) is 1. The van der Waals surface area contributed by atoms with E-state index in [-0.39, 0.29) is 24.9 Å². The average molecular weight is 319 g/mol. The zero-order chi connectivity index (χ0) is 16.8. The first-order chi connectivity index (χ1) is 11.0. The van der Waals surface area contributed by atoms with Gasteiger partial charge < -0.3 is 15.7 Å². The van der Waals surface area contributed by atoms with E-state index in [4.69, 9.17) is 5.11 Å². The van der Waals surface area contributed by atoms with Gasteiger partial charge in [-0.25, -0.2) is 0 Å². The quantitative estimate of drug-likeness (QED) is 0.671. The van der Waals surface area contributed by atoms with Crippen molar-refractivity contribution < 1.29 is 19.5 Å². The second-order valence-electron chi connectivity index (χ2n) is 5.62. The third-order valence-electron chi connectivity index (χ3n) is 3.87. The standard InChI is InChI=1S/C16H21N3O4/c1-19-10-12-5-3-2-4-11(12)8-13(19)16(23)17-7-6-14(20)18-9-15(21)22/h2-5,13H,6-10H2,1H3,(H,17,23)(H,18,20)(H,21,22). The summed E-state index contributed by atoms with van der Waals surface area (Å²) < 4.78 is 0. The maximum Gasteiger partial charge on any atom is 0.322 e. The van der Waals surface area contributed by atoms with Gasteiger partial charge >= 0.3 is 5.97 Å². The van der Waals surface area contributed by atoms with Gasteiger partial charge in [0, 0.05) is 19.5 Å². The summed E-state index contributed by atoms with van der Waals surface area (Å²) >= 11 is 0. The SMILES string of the molecule is CN1Cc2ccccc2CC1C(=O)NCCC(=O)NCC(=O)O. The summed E-state index contributed by atoms with van der Waals surface area (Å²) in [6.45, 7) is 0.499. The van der Waals surface area contributed by atoms with Crippen molar-refractivity contribution in [2.45, 2.75) is 25.4 Å². The molecule has 1 unspecified atom stereocenters. The van der Waals surface area contributed by atoms with E-state index >= 15 is 0 Å². The van der Waals surface area contributed by atoms with Crippen LogP contribution in [0.25, 0.3) is 0 Å².